The van der Waals surface area contributed by atoms with Crippen molar-refractivity contribution in [2.24, 2.45) is 0 Å². The highest BCUT2D eigenvalue weighted by Crippen LogP contribution is 2.17. The van der Waals surface area contributed by atoms with E-state index in [0.717, 1.165) is 5.56 Å². The van der Waals surface area contributed by atoms with E-state index in [1.165, 1.54) is 0 Å². The van der Waals surface area contributed by atoms with E-state index < -0.39 is 6.16 Å². The zero-order chi connectivity index (χ0) is 22.2. The van der Waals surface area contributed by atoms with E-state index in [-0.39, 0.29) is 18.4 Å². The monoisotopic (exact) mass is 444 g/mol. The van der Waals surface area contributed by atoms with Gasteiger partial charge in [-0.15, -0.1) is 0 Å². The van der Waals surface area contributed by atoms with Crippen molar-refractivity contribution >= 4 is 29.6 Å². The molecule has 1 aliphatic heterocycles. The molecule has 2 amide bonds. The largest absolute Gasteiger partial charge is 0.513 e. The van der Waals surface area contributed by atoms with E-state index in [9.17, 15) is 14.4 Å². The molecule has 1 fully saturated rings. The molecule has 0 radical (unpaired) electrons. The van der Waals surface area contributed by atoms with Gasteiger partial charge in [0.15, 0.2) is 0 Å². The van der Waals surface area contributed by atoms with Gasteiger partial charge in [-0.1, -0.05) is 23.7 Å². The number of hydrogen-bond donors (Lipinski definition) is 0. The molecule has 0 unspecified atom stereocenters. The Bertz CT molecular complexity index is 924. The molecule has 1 heterocycles. The normalized spacial score (nSPS) is 13.6. The highest BCUT2D eigenvalue weighted by atomic mass is 35.5. The Morgan fingerprint density at radius 1 is 0.968 bits per heavy atom. The fraction of sp³-hybridized carbons (Fsp3) is 0.348. The van der Waals surface area contributed by atoms with Gasteiger partial charge in [0.25, 0.3) is 5.91 Å². The second-order valence-electron chi connectivity index (χ2n) is 7.11. The lowest BCUT2D eigenvalue weighted by Crippen LogP contribution is -2.50. The van der Waals surface area contributed by atoms with Crippen molar-refractivity contribution in [3.63, 3.8) is 0 Å². The highest BCUT2D eigenvalue weighted by molar-refractivity contribution is 6.30. The Hall–Kier alpha value is -3.06. The minimum atomic E-state index is -0.780. The zero-order valence-corrected chi connectivity index (χ0v) is 18.1. The number of ether oxygens (including phenoxy) is 2. The van der Waals surface area contributed by atoms with Crippen molar-refractivity contribution in [3.8, 4) is 5.75 Å². The zero-order valence-electron chi connectivity index (χ0n) is 17.4. The number of amides is 2. The van der Waals surface area contributed by atoms with Crippen molar-refractivity contribution in [2.45, 2.75) is 19.8 Å². The van der Waals surface area contributed by atoms with Gasteiger partial charge in [0, 0.05) is 43.2 Å². The third kappa shape index (κ3) is 6.46. The van der Waals surface area contributed by atoms with Gasteiger partial charge in [-0.05, 0) is 55.3 Å². The lowest BCUT2D eigenvalue weighted by molar-refractivity contribution is -0.132. The summed E-state index contributed by atoms with van der Waals surface area (Å²) < 4.78 is 9.72. The van der Waals surface area contributed by atoms with Crippen molar-refractivity contribution in [1.82, 2.24) is 9.80 Å². The van der Waals surface area contributed by atoms with Gasteiger partial charge in [-0.25, -0.2) is 4.79 Å². The molecule has 31 heavy (non-hydrogen) atoms. The molecule has 0 N–H and O–H groups in total. The molecule has 1 aliphatic rings. The summed E-state index contributed by atoms with van der Waals surface area (Å²) in [5, 5.41) is 0.664. The van der Waals surface area contributed by atoms with Crippen LogP contribution >= 0.6 is 11.6 Å². The summed E-state index contributed by atoms with van der Waals surface area (Å²) in [6.07, 6.45) is 0.271. The molecule has 8 heteroatoms. The maximum absolute atomic E-state index is 12.7. The topological polar surface area (TPSA) is 76.2 Å². The average molecular weight is 445 g/mol. The average Bonchev–Trinajstić information content (AvgIpc) is 2.78. The van der Waals surface area contributed by atoms with Crippen LogP contribution in [0.5, 0.6) is 5.75 Å². The molecule has 0 bridgehead atoms. The Balaban J connectivity index is 1.46. The first kappa shape index (κ1) is 22.6. The minimum absolute atomic E-state index is 0.0764. The van der Waals surface area contributed by atoms with E-state index in [4.69, 9.17) is 21.1 Å². The minimum Gasteiger partial charge on any atom is -0.434 e. The van der Waals surface area contributed by atoms with Gasteiger partial charge < -0.3 is 19.3 Å². The molecule has 3 rings (SSSR count). The van der Waals surface area contributed by atoms with Gasteiger partial charge in [0.1, 0.15) is 5.75 Å². The highest BCUT2D eigenvalue weighted by Gasteiger charge is 2.24. The Kier molecular flexibility index (Phi) is 7.89. The molecule has 0 atom stereocenters. The van der Waals surface area contributed by atoms with Gasteiger partial charge in [0.2, 0.25) is 5.91 Å². The summed E-state index contributed by atoms with van der Waals surface area (Å²) in [4.78, 5) is 40.1. The van der Waals surface area contributed by atoms with Gasteiger partial charge in [-0.2, -0.15) is 0 Å². The molecule has 2 aromatic rings. The van der Waals surface area contributed by atoms with Crippen LogP contribution in [0.4, 0.5) is 4.79 Å². The Labute approximate surface area is 186 Å². The summed E-state index contributed by atoms with van der Waals surface area (Å²) in [5.74, 6) is 0.270. The number of halogens is 1. The van der Waals surface area contributed by atoms with E-state index in [0.29, 0.717) is 55.4 Å². The number of rotatable bonds is 6. The number of benzene rings is 2. The van der Waals surface area contributed by atoms with Crippen molar-refractivity contribution < 1.29 is 23.9 Å². The molecule has 164 valence electrons. The number of nitrogens with zero attached hydrogens (tertiary/aromatic N) is 2. The smallest absolute Gasteiger partial charge is 0.434 e. The second-order valence-corrected chi connectivity index (χ2v) is 7.55. The third-order valence-electron chi connectivity index (χ3n) is 5.00. The molecule has 1 saturated heterocycles. The van der Waals surface area contributed by atoms with Crippen LogP contribution in [0, 0.1) is 0 Å². The summed E-state index contributed by atoms with van der Waals surface area (Å²) in [6.45, 7) is 3.88. The molecule has 0 aromatic heterocycles. The Morgan fingerprint density at radius 2 is 1.65 bits per heavy atom. The lowest BCUT2D eigenvalue weighted by atomic mass is 10.1. The summed E-state index contributed by atoms with van der Waals surface area (Å²) >= 11 is 5.99. The molecular weight excluding hydrogens is 420 g/mol. The molecule has 0 spiro atoms. The lowest BCUT2D eigenvalue weighted by Gasteiger charge is -2.35. The molecular formula is C23H25ClN2O5. The first-order valence-corrected chi connectivity index (χ1v) is 10.6. The third-order valence-corrected chi connectivity index (χ3v) is 5.24. The fourth-order valence-electron chi connectivity index (χ4n) is 3.35. The maximum atomic E-state index is 12.7. The number of carbonyl (C=O) groups excluding carboxylic acids is 3. The quantitative estimate of drug-likeness (QED) is 0.500. The van der Waals surface area contributed by atoms with Crippen LogP contribution in [0.15, 0.2) is 48.5 Å². The van der Waals surface area contributed by atoms with Crippen molar-refractivity contribution in [2.75, 3.05) is 32.8 Å². The molecule has 0 saturated carbocycles. The van der Waals surface area contributed by atoms with Crippen LogP contribution in [0.1, 0.15) is 29.3 Å². The molecule has 2 aromatic carbocycles. The van der Waals surface area contributed by atoms with Crippen LogP contribution in [0.3, 0.4) is 0 Å². The SMILES string of the molecule is CCOC(=O)Oc1ccc(C(=O)N2CCN(C(=O)CCc3cccc(Cl)c3)CC2)cc1. The number of piperazine rings is 1. The predicted molar refractivity (Wildman–Crippen MR) is 116 cm³/mol. The maximum Gasteiger partial charge on any atom is 0.513 e. The number of aryl methyl sites for hydroxylation is 1. The van der Waals surface area contributed by atoms with Crippen LogP contribution in [-0.4, -0.2) is 60.6 Å². The van der Waals surface area contributed by atoms with Gasteiger partial charge >= 0.3 is 6.16 Å². The summed E-state index contributed by atoms with van der Waals surface area (Å²) in [6, 6.07) is 13.8. The van der Waals surface area contributed by atoms with Gasteiger partial charge in [0.05, 0.1) is 6.61 Å². The fourth-order valence-corrected chi connectivity index (χ4v) is 3.57. The van der Waals surface area contributed by atoms with E-state index in [1.54, 1.807) is 41.0 Å². The van der Waals surface area contributed by atoms with E-state index >= 15 is 0 Å². The van der Waals surface area contributed by atoms with Gasteiger partial charge in [-0.3, -0.25) is 9.59 Å². The summed E-state index contributed by atoms with van der Waals surface area (Å²) in [7, 11) is 0. The molecule has 0 aliphatic carbocycles. The second kappa shape index (κ2) is 10.8. The number of hydrogen-bond acceptors (Lipinski definition) is 5. The van der Waals surface area contributed by atoms with Crippen LogP contribution in [0.2, 0.25) is 5.02 Å². The first-order chi connectivity index (χ1) is 15.0. The molecule has 7 nitrogen and oxygen atoms in total. The van der Waals surface area contributed by atoms with E-state index in [1.807, 2.05) is 24.3 Å². The number of carbonyl (C=O) groups is 3. The van der Waals surface area contributed by atoms with Crippen LogP contribution < -0.4 is 4.74 Å². The van der Waals surface area contributed by atoms with Crippen molar-refractivity contribution in [1.29, 1.82) is 0 Å². The standard InChI is InChI=1S/C23H25ClN2O5/c1-2-30-23(29)31-20-9-7-18(8-10-20)22(28)26-14-12-25(13-15-26)21(27)11-6-17-4-3-5-19(24)16-17/h3-5,7-10,16H,2,6,11-15H2,1H3. The summed E-state index contributed by atoms with van der Waals surface area (Å²) in [5.41, 5.74) is 1.53. The van der Waals surface area contributed by atoms with E-state index in [2.05, 4.69) is 0 Å². The predicted octanol–water partition coefficient (Wildman–Crippen LogP) is 3.79. The Morgan fingerprint density at radius 3 is 2.29 bits per heavy atom. The van der Waals surface area contributed by atoms with Crippen LogP contribution in [0.25, 0.3) is 0 Å². The first-order valence-electron chi connectivity index (χ1n) is 10.2. The van der Waals surface area contributed by atoms with Crippen LogP contribution in [-0.2, 0) is 16.0 Å². The van der Waals surface area contributed by atoms with Crippen molar-refractivity contribution in [3.05, 3.63) is 64.7 Å².